The fourth-order valence-electron chi connectivity index (χ4n) is 9.22. The highest BCUT2D eigenvalue weighted by Gasteiger charge is 2.31. The lowest BCUT2D eigenvalue weighted by atomic mass is 10.1. The lowest BCUT2D eigenvalue weighted by molar-refractivity contribution is -0.274. The number of aromatic nitrogens is 6. The molecule has 0 bridgehead atoms. The summed E-state index contributed by atoms with van der Waals surface area (Å²) in [5, 5.41) is 19.1. The number of rotatable bonds is 25. The average Bonchev–Trinajstić information content (AvgIpc) is 1.50. The van der Waals surface area contributed by atoms with Gasteiger partial charge in [0.2, 0.25) is 11.3 Å². The minimum atomic E-state index is -4.84. The van der Waals surface area contributed by atoms with Crippen molar-refractivity contribution in [2.45, 2.75) is 130 Å². The number of carbonyl (C=O) groups is 3. The maximum Gasteiger partial charge on any atom is 0.573 e. The highest BCUT2D eigenvalue weighted by atomic mass is 79.9. The summed E-state index contributed by atoms with van der Waals surface area (Å²) in [5.41, 5.74) is 33.3. The SMILES string of the molecule is CC(=O)CCCC1=CN=C(N)C1.CC(=O)CCCC1=CN=CC1.CC(=O)CCCc1cnc(N=Nc2ccc(Br)cc2)o1.N#[N+]c1ccc(Br)cc1.NCCC1=CN=C(N)C1.Nc1ccc(Br)cc1.Nc1ncc(CCNc2nc(=O)n(Cc3ccc(F)cc3)c(=O)n2Cc2ccc(OC(F)(F)F)cc2)[nH]1.[Cl-]. The van der Waals surface area contributed by atoms with Crippen molar-refractivity contribution in [2.24, 2.45) is 42.4 Å². The Morgan fingerprint density at radius 2 is 1.19 bits per heavy atom. The summed E-state index contributed by atoms with van der Waals surface area (Å²) < 4.78 is 65.1. The zero-order valence-electron chi connectivity index (χ0n) is 58.9. The lowest BCUT2D eigenvalue weighted by Gasteiger charge is -2.16. The van der Waals surface area contributed by atoms with Crippen LogP contribution in [0.5, 0.6) is 5.75 Å². The van der Waals surface area contributed by atoms with Crippen LogP contribution in [0.3, 0.4) is 0 Å². The van der Waals surface area contributed by atoms with Crippen LogP contribution in [0.4, 0.5) is 52.5 Å². The first-order valence-corrected chi connectivity index (χ1v) is 35.5. The van der Waals surface area contributed by atoms with Gasteiger partial charge >= 0.3 is 29.4 Å². The highest BCUT2D eigenvalue weighted by molar-refractivity contribution is 9.11. The number of H-pyrrole nitrogens is 1. The van der Waals surface area contributed by atoms with Gasteiger partial charge in [-0.3, -0.25) is 9.56 Å². The molecule has 6 heterocycles. The first-order valence-electron chi connectivity index (χ1n) is 33.1. The van der Waals surface area contributed by atoms with E-state index in [0.717, 1.165) is 105 Å². The van der Waals surface area contributed by atoms with Crippen LogP contribution in [0, 0.1) is 11.2 Å². The number of anilines is 3. The van der Waals surface area contributed by atoms with Gasteiger partial charge in [0, 0.05) is 120 Å². The molecule has 0 radical (unpaired) electrons. The van der Waals surface area contributed by atoms with E-state index in [9.17, 15) is 41.5 Å². The minimum absolute atomic E-state index is 0. The number of nitrogen functional groups attached to an aromatic ring is 2. The molecule has 568 valence electrons. The largest absolute Gasteiger partial charge is 1.00 e. The van der Waals surface area contributed by atoms with Crippen molar-refractivity contribution in [3.8, 4) is 5.75 Å². The van der Waals surface area contributed by atoms with E-state index in [4.69, 9.17) is 38.5 Å². The van der Waals surface area contributed by atoms with E-state index in [-0.39, 0.29) is 67.3 Å². The second-order valence-electron chi connectivity index (χ2n) is 23.6. The van der Waals surface area contributed by atoms with Crippen LogP contribution in [0.15, 0.2) is 222 Å². The van der Waals surface area contributed by atoms with Crippen LogP contribution in [0.1, 0.15) is 120 Å². The maximum atomic E-state index is 13.3. The van der Waals surface area contributed by atoms with E-state index in [1.165, 1.54) is 57.7 Å². The van der Waals surface area contributed by atoms with Gasteiger partial charge in [0.1, 0.15) is 46.3 Å². The van der Waals surface area contributed by atoms with E-state index < -0.39 is 29.3 Å². The van der Waals surface area contributed by atoms with Gasteiger partial charge in [0.25, 0.3) is 0 Å². The number of ketones is 3. The lowest BCUT2D eigenvalue weighted by Crippen LogP contribution is -3.00. The topological polar surface area (TPSA) is 404 Å². The summed E-state index contributed by atoms with van der Waals surface area (Å²) in [7, 11) is 0. The number of hydrogen-bond acceptors (Lipinski definition) is 22. The average molecular weight is 1690 g/mol. The summed E-state index contributed by atoms with van der Waals surface area (Å²) in [6, 6.07) is 32.5. The van der Waals surface area contributed by atoms with E-state index in [1.54, 1.807) is 45.3 Å². The van der Waals surface area contributed by atoms with Gasteiger partial charge in [-0.05, 0) is 179 Å². The number of nitrogens with zero attached hydrogens (tertiary/aromatic N) is 12. The number of azo groups is 1. The van der Waals surface area contributed by atoms with Gasteiger partial charge in [0.05, 0.1) is 31.2 Å². The number of nitrogens with one attached hydrogen (secondary N) is 2. The minimum Gasteiger partial charge on any atom is -1.00 e. The predicted molar refractivity (Wildman–Crippen MR) is 414 cm³/mol. The molecule has 11 rings (SSSR count). The van der Waals surface area contributed by atoms with Crippen LogP contribution in [0.25, 0.3) is 4.98 Å². The van der Waals surface area contributed by atoms with Gasteiger partial charge in [-0.25, -0.2) is 33.5 Å². The Morgan fingerprint density at radius 1 is 0.664 bits per heavy atom. The normalized spacial score (nSPS) is 12.2. The number of halogens is 8. The molecule has 0 atom stereocenters. The number of aromatic amines is 1. The first kappa shape index (κ1) is 89.0. The number of ether oxygens (including phenoxy) is 1. The standard InChI is InChI=1S/C23H21F4N7O3.C14H14BrN3O2.C9H14N2O.C9H13NO.C6H4BrN2.C6H6BrN.C6H11N3.ClH/c24-16-5-1-14(2-6-16)13-34-21(35)32-20(29-10-9-17-11-30-19(28)31-17)33(22(34)36)12-15-3-7-18(8-4-15)37-23(25,26)27;1-10(19)3-2-4-13-9-16-14(20-13)18-17-12-7-5-11(15)6-8-12;1-7(12)3-2-4-8-5-9(10)11-6-8;1-8(11)3-2-4-9-5-6-10-7-9;7-5-1-3-6(9-8)4-2-5;7-5-1-3-6(8)4-2-5;7-2-1-5-3-6(8)9-4-5;/h1-8,11H,9-10,12-13H2,(H3,28,30,31)(H,29,32,35);5-9H,2-4H2,1H3;6H,2-5H2,1H3,(H2,10,11);6-7H,2-5H2,1H3;1-4H;1-4H,8H2;4H,1-3,7H2,(H2,8,9);1H/q;;;;+1;;;/p-1. The Balaban J connectivity index is 0.000000290. The summed E-state index contributed by atoms with van der Waals surface area (Å²) in [6.07, 6.45) is 16.9. The van der Waals surface area contributed by atoms with E-state index >= 15 is 0 Å². The van der Waals surface area contributed by atoms with Crippen LogP contribution >= 0.6 is 47.8 Å². The van der Waals surface area contributed by atoms with Crippen molar-refractivity contribution >= 4 is 118 Å². The van der Waals surface area contributed by atoms with Crippen LogP contribution in [-0.2, 0) is 40.3 Å². The molecule has 8 aromatic rings. The second-order valence-corrected chi connectivity index (χ2v) is 26.3. The molecule has 0 aliphatic carbocycles. The molecule has 3 aromatic heterocycles. The molecule has 0 saturated carbocycles. The highest BCUT2D eigenvalue weighted by Crippen LogP contribution is 2.25. The molecule has 3 aliphatic rings. The number of benzene rings is 5. The van der Waals surface area contributed by atoms with Crippen LogP contribution < -0.4 is 62.5 Å². The van der Waals surface area contributed by atoms with Gasteiger partial charge in [-0.1, -0.05) is 77.2 Å². The number of diazo groups is 1. The number of carbonyl (C=O) groups excluding carboxylic acids is 3. The number of nitrogens with two attached hydrogens (primary N) is 5. The Kier molecular flexibility index (Phi) is 39.9. The van der Waals surface area contributed by atoms with Crippen LogP contribution in [0.2, 0.25) is 0 Å². The summed E-state index contributed by atoms with van der Waals surface area (Å²) in [6.45, 7) is 5.52. The zero-order chi connectivity index (χ0) is 77.4. The maximum absolute atomic E-state index is 13.3. The molecule has 0 saturated heterocycles. The van der Waals surface area contributed by atoms with E-state index in [2.05, 4.69) is 108 Å². The number of oxazole rings is 1. The fraction of sp³-hybridized carbons (Fsp3) is 0.301. The molecule has 5 aromatic carbocycles. The molecule has 0 unspecified atom stereocenters. The Hall–Kier alpha value is -10.4. The van der Waals surface area contributed by atoms with E-state index in [1.807, 2.05) is 85.5 Å². The van der Waals surface area contributed by atoms with Crippen molar-refractivity contribution in [3.05, 3.63) is 237 Å². The predicted octanol–water partition coefficient (Wildman–Crippen LogP) is 12.7. The third-order valence-electron chi connectivity index (χ3n) is 14.5. The molecule has 0 fully saturated rings. The van der Waals surface area contributed by atoms with Gasteiger partial charge in [0.15, 0.2) is 10.9 Å². The molecular weight excluding hydrogens is 1610 g/mol. The molecule has 0 amide bonds. The second kappa shape index (κ2) is 47.9. The number of imidazole rings is 1. The van der Waals surface area contributed by atoms with Crippen molar-refractivity contribution in [1.82, 2.24) is 29.1 Å². The number of amidine groups is 2. The van der Waals surface area contributed by atoms with Crippen molar-refractivity contribution in [3.63, 3.8) is 0 Å². The number of Topliss-reactive ketones (excluding diaryl/α,β-unsaturated/α-hetero) is 3. The number of alkyl halides is 3. The first-order chi connectivity index (χ1) is 50.6. The van der Waals surface area contributed by atoms with Gasteiger partial charge in [-0.2, -0.15) is 9.97 Å². The number of aryl methyl sites for hydroxylation is 1. The summed E-state index contributed by atoms with van der Waals surface area (Å²) in [4.78, 5) is 87.7. The molecule has 12 N–H and O–H groups in total. The monoisotopic (exact) mass is 1690 g/mol. The Labute approximate surface area is 646 Å². The Bertz CT molecular complexity index is 4500. The van der Waals surface area contributed by atoms with Crippen molar-refractivity contribution in [1.29, 1.82) is 5.39 Å². The van der Waals surface area contributed by atoms with Crippen LogP contribution in [-0.4, -0.2) is 83.8 Å². The fourth-order valence-corrected chi connectivity index (χ4v) is 10.0. The van der Waals surface area contributed by atoms with Gasteiger partial charge < -0.3 is 74.9 Å². The number of hydrogen-bond donors (Lipinski definition) is 7. The quantitative estimate of drug-likeness (QED) is 0.0121. The number of allylic oxidation sites excluding steroid dienone is 1. The molecule has 26 nitrogen and oxygen atoms in total. The zero-order valence-corrected chi connectivity index (χ0v) is 64.4. The smallest absolute Gasteiger partial charge is 0.573 e. The third-order valence-corrected chi connectivity index (χ3v) is 16.1. The molecule has 3 aliphatic heterocycles. The Morgan fingerprint density at radius 3 is 1.67 bits per heavy atom. The molecule has 0 spiro atoms. The number of aliphatic imine (C=N–C) groups is 3. The molecular formula is C73H83Br3ClF4N19O7. The third kappa shape index (κ3) is 37.4. The van der Waals surface area contributed by atoms with Gasteiger partial charge in [-0.15, -0.1) is 18.3 Å². The summed E-state index contributed by atoms with van der Waals surface area (Å²) in [5.74, 6) is 2.15. The van der Waals surface area contributed by atoms with Crippen molar-refractivity contribution < 1.29 is 53.5 Å². The molecule has 34 heteroatoms. The summed E-state index contributed by atoms with van der Waals surface area (Å²) >= 11 is 9.89. The molecule has 107 heavy (non-hydrogen) atoms. The van der Waals surface area contributed by atoms with Crippen molar-refractivity contribution in [2.75, 3.05) is 29.9 Å². The van der Waals surface area contributed by atoms with E-state index in [0.29, 0.717) is 72.8 Å².